The number of benzene rings is 1. The van der Waals surface area contributed by atoms with Crippen molar-refractivity contribution in [3.8, 4) is 16.9 Å². The molecule has 0 spiro atoms. The zero-order valence-corrected chi connectivity index (χ0v) is 22.9. The second-order valence-electron chi connectivity index (χ2n) is 10.1. The average molecular weight is 550 g/mol. The minimum absolute atomic E-state index is 0.0583. The van der Waals surface area contributed by atoms with Crippen LogP contribution in [0.5, 0.6) is 5.75 Å². The van der Waals surface area contributed by atoms with Crippen molar-refractivity contribution in [2.45, 2.75) is 32.7 Å². The maximum Gasteiger partial charge on any atom is 0.259 e. The summed E-state index contributed by atoms with van der Waals surface area (Å²) in [6, 6.07) is 10.4. The van der Waals surface area contributed by atoms with E-state index in [1.807, 2.05) is 13.0 Å². The standard InChI is InChI=1S/C30H33F2N5O3/c1-4-36(5-2)12-14-40-21-9-10-26(34-18-21)35-27-16-25-20(17-33-27)15-22(28-23(31)7-6-8-24(28)32)29(38)37(25)30(3)11-13-39-19-30/h6-10,15-18H,4-5,11-14,19H2,1-3H3,(H,33,34,35)/t30-/m1/s1. The van der Waals surface area contributed by atoms with Crippen LogP contribution in [0.3, 0.4) is 0 Å². The lowest BCUT2D eigenvalue weighted by Gasteiger charge is -2.28. The van der Waals surface area contributed by atoms with Gasteiger partial charge >= 0.3 is 0 Å². The third-order valence-corrected chi connectivity index (χ3v) is 7.42. The number of halogens is 2. The molecule has 0 bridgehead atoms. The van der Waals surface area contributed by atoms with Crippen molar-refractivity contribution in [1.82, 2.24) is 19.4 Å². The lowest BCUT2D eigenvalue weighted by atomic mass is 9.97. The molecule has 0 radical (unpaired) electrons. The topological polar surface area (TPSA) is 81.5 Å². The smallest absolute Gasteiger partial charge is 0.259 e. The fourth-order valence-corrected chi connectivity index (χ4v) is 5.08. The fraction of sp³-hybridized carbons (Fsp3) is 0.367. The second kappa shape index (κ2) is 11.7. The molecular formula is C30H33F2N5O3. The van der Waals surface area contributed by atoms with E-state index >= 15 is 0 Å². The predicted molar refractivity (Wildman–Crippen MR) is 151 cm³/mol. The lowest BCUT2D eigenvalue weighted by molar-refractivity contribution is 0.162. The monoisotopic (exact) mass is 549 g/mol. The number of pyridine rings is 3. The molecule has 1 fully saturated rings. The van der Waals surface area contributed by atoms with Gasteiger partial charge in [0.15, 0.2) is 0 Å². The van der Waals surface area contributed by atoms with Crippen molar-refractivity contribution in [3.63, 3.8) is 0 Å². The van der Waals surface area contributed by atoms with Crippen LogP contribution in [0.25, 0.3) is 22.0 Å². The Hall–Kier alpha value is -3.89. The summed E-state index contributed by atoms with van der Waals surface area (Å²) in [5.41, 5.74) is -1.03. The number of nitrogens with zero attached hydrogens (tertiary/aromatic N) is 4. The van der Waals surface area contributed by atoms with Crippen LogP contribution in [-0.4, -0.2) is 58.9 Å². The van der Waals surface area contributed by atoms with Crippen molar-refractivity contribution in [1.29, 1.82) is 0 Å². The number of hydrogen-bond donors (Lipinski definition) is 1. The minimum atomic E-state index is -0.798. The molecule has 10 heteroatoms. The van der Waals surface area contributed by atoms with Crippen LogP contribution in [0.1, 0.15) is 27.2 Å². The normalized spacial score (nSPS) is 17.1. The second-order valence-corrected chi connectivity index (χ2v) is 10.1. The Morgan fingerprint density at radius 2 is 1.82 bits per heavy atom. The Morgan fingerprint density at radius 3 is 2.48 bits per heavy atom. The van der Waals surface area contributed by atoms with Crippen molar-refractivity contribution < 1.29 is 18.3 Å². The quantitative estimate of drug-likeness (QED) is 0.286. The van der Waals surface area contributed by atoms with Crippen molar-refractivity contribution in [3.05, 3.63) is 76.8 Å². The first kappa shape index (κ1) is 27.7. The highest BCUT2D eigenvalue weighted by atomic mass is 19.1. The van der Waals surface area contributed by atoms with Gasteiger partial charge in [0, 0.05) is 30.8 Å². The van der Waals surface area contributed by atoms with Gasteiger partial charge in [0.1, 0.15) is 35.6 Å². The highest BCUT2D eigenvalue weighted by Crippen LogP contribution is 2.33. The van der Waals surface area contributed by atoms with E-state index in [4.69, 9.17) is 9.47 Å². The van der Waals surface area contributed by atoms with Crippen molar-refractivity contribution >= 4 is 22.5 Å². The Balaban J connectivity index is 1.47. The van der Waals surface area contributed by atoms with E-state index in [2.05, 4.69) is 34.0 Å². The van der Waals surface area contributed by atoms with Gasteiger partial charge in [-0.1, -0.05) is 19.9 Å². The Bertz CT molecular complexity index is 1530. The molecule has 1 aliphatic heterocycles. The van der Waals surface area contributed by atoms with Gasteiger partial charge in [0.2, 0.25) is 0 Å². The molecule has 0 aliphatic carbocycles. The number of ether oxygens (including phenoxy) is 2. The molecule has 0 amide bonds. The molecule has 1 atom stereocenters. The average Bonchev–Trinajstić information content (AvgIpc) is 3.39. The number of aromatic nitrogens is 3. The molecule has 1 saturated heterocycles. The molecule has 4 aromatic rings. The summed E-state index contributed by atoms with van der Waals surface area (Å²) in [6.45, 7) is 10.3. The molecule has 0 saturated carbocycles. The van der Waals surface area contributed by atoms with E-state index < -0.39 is 22.7 Å². The first-order valence-corrected chi connectivity index (χ1v) is 13.5. The number of likely N-dealkylation sites (N-methyl/N-ethyl adjacent to an activating group) is 1. The summed E-state index contributed by atoms with van der Waals surface area (Å²) < 4.78 is 42.5. The van der Waals surface area contributed by atoms with E-state index in [9.17, 15) is 13.6 Å². The Labute approximate surface area is 231 Å². The molecule has 1 aromatic carbocycles. The zero-order valence-electron chi connectivity index (χ0n) is 22.9. The highest BCUT2D eigenvalue weighted by molar-refractivity contribution is 5.86. The number of hydrogen-bond acceptors (Lipinski definition) is 7. The fourth-order valence-electron chi connectivity index (χ4n) is 5.08. The number of anilines is 2. The molecule has 5 rings (SSSR count). The van der Waals surface area contributed by atoms with Crippen molar-refractivity contribution in [2.24, 2.45) is 0 Å². The largest absolute Gasteiger partial charge is 0.491 e. The van der Waals surface area contributed by atoms with Crippen LogP contribution in [0, 0.1) is 11.6 Å². The minimum Gasteiger partial charge on any atom is -0.491 e. The van der Waals surface area contributed by atoms with Crippen LogP contribution >= 0.6 is 0 Å². The van der Waals surface area contributed by atoms with E-state index in [1.165, 1.54) is 12.1 Å². The molecule has 210 valence electrons. The summed E-state index contributed by atoms with van der Waals surface area (Å²) in [5, 5.41) is 3.75. The summed E-state index contributed by atoms with van der Waals surface area (Å²) in [5.74, 6) is 0.0929. The van der Waals surface area contributed by atoms with Crippen LogP contribution in [0.15, 0.2) is 59.7 Å². The first-order valence-electron chi connectivity index (χ1n) is 13.5. The zero-order chi connectivity index (χ0) is 28.3. The van der Waals surface area contributed by atoms with E-state index in [0.717, 1.165) is 31.8 Å². The van der Waals surface area contributed by atoms with Gasteiger partial charge in [0.05, 0.1) is 35.0 Å². The molecule has 40 heavy (non-hydrogen) atoms. The summed E-state index contributed by atoms with van der Waals surface area (Å²) in [6.07, 6.45) is 3.81. The maximum atomic E-state index is 14.7. The van der Waals surface area contributed by atoms with Gasteiger partial charge in [-0.05, 0) is 56.8 Å². The van der Waals surface area contributed by atoms with Gasteiger partial charge in [-0.2, -0.15) is 0 Å². The van der Waals surface area contributed by atoms with Crippen LogP contribution < -0.4 is 15.6 Å². The highest BCUT2D eigenvalue weighted by Gasteiger charge is 2.35. The maximum absolute atomic E-state index is 14.7. The van der Waals surface area contributed by atoms with Crippen LogP contribution in [-0.2, 0) is 10.3 Å². The van der Waals surface area contributed by atoms with Crippen molar-refractivity contribution in [2.75, 3.05) is 44.8 Å². The Kier molecular flexibility index (Phi) is 8.09. The number of fused-ring (bicyclic) bond motifs is 1. The molecule has 8 nitrogen and oxygen atoms in total. The van der Waals surface area contributed by atoms with Gasteiger partial charge in [0.25, 0.3) is 5.56 Å². The molecule has 1 aliphatic rings. The predicted octanol–water partition coefficient (Wildman–Crippen LogP) is 5.34. The molecule has 4 heterocycles. The third kappa shape index (κ3) is 5.55. The van der Waals surface area contributed by atoms with Gasteiger partial charge in [-0.3, -0.25) is 9.36 Å². The molecule has 0 unspecified atom stereocenters. The third-order valence-electron chi connectivity index (χ3n) is 7.42. The Morgan fingerprint density at radius 1 is 1.07 bits per heavy atom. The molecule has 1 N–H and O–H groups in total. The SMILES string of the molecule is CCN(CC)CCOc1ccc(Nc2cc3c(cn2)cc(-c2c(F)cccc2F)c(=O)n3[C@]2(C)CCOC2)nc1. The van der Waals surface area contributed by atoms with Gasteiger partial charge < -0.3 is 19.7 Å². The van der Waals surface area contributed by atoms with Gasteiger partial charge in [-0.15, -0.1) is 0 Å². The summed E-state index contributed by atoms with van der Waals surface area (Å²) >= 11 is 0. The first-order chi connectivity index (χ1) is 19.3. The number of rotatable bonds is 10. The van der Waals surface area contributed by atoms with E-state index in [1.54, 1.807) is 29.1 Å². The van der Waals surface area contributed by atoms with Crippen LogP contribution in [0.4, 0.5) is 20.4 Å². The molecule has 3 aromatic heterocycles. The summed E-state index contributed by atoms with van der Waals surface area (Å²) in [7, 11) is 0. The number of nitrogens with one attached hydrogen (secondary N) is 1. The van der Waals surface area contributed by atoms with Crippen LogP contribution in [0.2, 0.25) is 0 Å². The molecular weight excluding hydrogens is 516 g/mol. The van der Waals surface area contributed by atoms with Gasteiger partial charge in [-0.25, -0.2) is 18.7 Å². The lowest BCUT2D eigenvalue weighted by Crippen LogP contribution is -2.40. The van der Waals surface area contributed by atoms with E-state index in [0.29, 0.717) is 54.5 Å². The van der Waals surface area contributed by atoms with E-state index in [-0.39, 0.29) is 11.1 Å². The summed E-state index contributed by atoms with van der Waals surface area (Å²) in [4.78, 5) is 25.1.